The molecular weight excluding hydrogens is 224 g/mol. The Hall–Kier alpha value is -1.09. The highest BCUT2D eigenvalue weighted by molar-refractivity contribution is 5.26. The number of pyridine rings is 1. The number of hydrogen-bond donors (Lipinski definition) is 1. The van der Waals surface area contributed by atoms with Crippen LogP contribution in [-0.4, -0.2) is 10.6 Å². The van der Waals surface area contributed by atoms with E-state index in [2.05, 4.69) is 18.3 Å². The van der Waals surface area contributed by atoms with Gasteiger partial charge in [0.25, 0.3) is 5.56 Å². The van der Waals surface area contributed by atoms with Crippen LogP contribution in [0.2, 0.25) is 0 Å². The molecule has 1 aliphatic carbocycles. The van der Waals surface area contributed by atoms with Crippen molar-refractivity contribution in [3.8, 4) is 0 Å². The zero-order chi connectivity index (χ0) is 13.1. The molecular formula is C15H24N2O. The Bertz CT molecular complexity index is 472. The third kappa shape index (κ3) is 3.02. The van der Waals surface area contributed by atoms with Crippen molar-refractivity contribution in [2.75, 3.05) is 0 Å². The molecule has 1 N–H and O–H groups in total. The molecule has 100 valence electrons. The largest absolute Gasteiger partial charge is 0.313 e. The van der Waals surface area contributed by atoms with E-state index in [4.69, 9.17) is 0 Å². The zero-order valence-electron chi connectivity index (χ0n) is 11.8. The number of rotatable bonds is 6. The number of nitrogens with zero attached hydrogens (tertiary/aromatic N) is 1. The van der Waals surface area contributed by atoms with E-state index in [1.54, 1.807) is 0 Å². The second-order valence-electron chi connectivity index (χ2n) is 5.41. The summed E-state index contributed by atoms with van der Waals surface area (Å²) >= 11 is 0. The lowest BCUT2D eigenvalue weighted by molar-refractivity contribution is 0.584. The standard InChI is InChI=1S/C15H24N2O/c1-4-5-8-17-12(3)9-11(2)14(15(17)18)10-16-13-6-7-13/h9,13,16H,4-8,10H2,1-3H3. The molecule has 1 aromatic heterocycles. The molecule has 18 heavy (non-hydrogen) atoms. The highest BCUT2D eigenvalue weighted by Crippen LogP contribution is 2.19. The number of nitrogens with one attached hydrogen (secondary N) is 1. The first-order chi connectivity index (χ1) is 8.63. The summed E-state index contributed by atoms with van der Waals surface area (Å²) in [5, 5.41) is 3.44. The van der Waals surface area contributed by atoms with E-state index in [1.807, 2.05) is 18.4 Å². The predicted molar refractivity (Wildman–Crippen MR) is 74.9 cm³/mol. The van der Waals surface area contributed by atoms with Crippen molar-refractivity contribution < 1.29 is 0 Å². The Morgan fingerprint density at radius 2 is 2.11 bits per heavy atom. The van der Waals surface area contributed by atoms with Gasteiger partial charge in [0, 0.05) is 30.4 Å². The van der Waals surface area contributed by atoms with E-state index < -0.39 is 0 Å². The molecule has 0 aromatic carbocycles. The summed E-state index contributed by atoms with van der Waals surface area (Å²) in [5.74, 6) is 0. The molecule has 0 radical (unpaired) electrons. The van der Waals surface area contributed by atoms with Gasteiger partial charge in [-0.1, -0.05) is 13.3 Å². The molecule has 0 spiro atoms. The smallest absolute Gasteiger partial charge is 0.255 e. The summed E-state index contributed by atoms with van der Waals surface area (Å²) < 4.78 is 1.93. The maximum atomic E-state index is 12.5. The summed E-state index contributed by atoms with van der Waals surface area (Å²) in [6, 6.07) is 2.79. The monoisotopic (exact) mass is 248 g/mol. The maximum absolute atomic E-state index is 12.5. The Balaban J connectivity index is 2.23. The Labute approximate surface area is 109 Å². The average Bonchev–Trinajstić information content (AvgIpc) is 3.12. The Morgan fingerprint density at radius 3 is 2.72 bits per heavy atom. The lowest BCUT2D eigenvalue weighted by Gasteiger charge is -2.14. The van der Waals surface area contributed by atoms with E-state index in [0.717, 1.165) is 42.8 Å². The molecule has 1 aromatic rings. The molecule has 0 amide bonds. The van der Waals surface area contributed by atoms with Crippen LogP contribution in [0.15, 0.2) is 10.9 Å². The van der Waals surface area contributed by atoms with Crippen molar-refractivity contribution in [3.63, 3.8) is 0 Å². The molecule has 0 aliphatic heterocycles. The first kappa shape index (κ1) is 13.3. The van der Waals surface area contributed by atoms with Crippen molar-refractivity contribution in [2.24, 2.45) is 0 Å². The van der Waals surface area contributed by atoms with Gasteiger partial charge in [0.05, 0.1) is 0 Å². The van der Waals surface area contributed by atoms with Crippen LogP contribution >= 0.6 is 0 Å². The molecule has 3 heteroatoms. The van der Waals surface area contributed by atoms with Crippen LogP contribution < -0.4 is 10.9 Å². The topological polar surface area (TPSA) is 34.0 Å². The van der Waals surface area contributed by atoms with Crippen LogP contribution in [0.25, 0.3) is 0 Å². The van der Waals surface area contributed by atoms with Crippen molar-refractivity contribution in [1.29, 1.82) is 0 Å². The van der Waals surface area contributed by atoms with Gasteiger partial charge in [0.1, 0.15) is 0 Å². The fourth-order valence-electron chi connectivity index (χ4n) is 2.31. The van der Waals surface area contributed by atoms with E-state index in [1.165, 1.54) is 12.8 Å². The first-order valence-electron chi connectivity index (χ1n) is 7.06. The molecule has 0 unspecified atom stereocenters. The van der Waals surface area contributed by atoms with Crippen molar-refractivity contribution in [1.82, 2.24) is 9.88 Å². The number of hydrogen-bond acceptors (Lipinski definition) is 2. The lowest BCUT2D eigenvalue weighted by atomic mass is 10.1. The minimum absolute atomic E-state index is 0.203. The molecule has 0 atom stereocenters. The summed E-state index contributed by atoms with van der Waals surface area (Å²) in [7, 11) is 0. The molecule has 1 fully saturated rings. The van der Waals surface area contributed by atoms with Crippen LogP contribution in [0, 0.1) is 13.8 Å². The second-order valence-corrected chi connectivity index (χ2v) is 5.41. The van der Waals surface area contributed by atoms with Gasteiger partial charge in [-0.3, -0.25) is 4.79 Å². The third-order valence-electron chi connectivity index (χ3n) is 3.71. The summed E-state index contributed by atoms with van der Waals surface area (Å²) in [5.41, 5.74) is 3.36. The quantitative estimate of drug-likeness (QED) is 0.839. The van der Waals surface area contributed by atoms with Crippen LogP contribution in [0.3, 0.4) is 0 Å². The van der Waals surface area contributed by atoms with Crippen molar-refractivity contribution in [2.45, 2.75) is 65.6 Å². The van der Waals surface area contributed by atoms with E-state index in [9.17, 15) is 4.79 Å². The average molecular weight is 248 g/mol. The van der Waals surface area contributed by atoms with Crippen molar-refractivity contribution in [3.05, 3.63) is 33.2 Å². The Kier molecular flexibility index (Phi) is 4.23. The Morgan fingerprint density at radius 1 is 1.39 bits per heavy atom. The van der Waals surface area contributed by atoms with Gasteiger partial charge in [0.2, 0.25) is 0 Å². The molecule has 1 aliphatic rings. The predicted octanol–water partition coefficient (Wildman–Crippen LogP) is 2.52. The van der Waals surface area contributed by atoms with Gasteiger partial charge in [-0.05, 0) is 44.7 Å². The van der Waals surface area contributed by atoms with Gasteiger partial charge in [-0.2, -0.15) is 0 Å². The SMILES string of the molecule is CCCCn1c(C)cc(C)c(CNC2CC2)c1=O. The molecule has 1 heterocycles. The highest BCUT2D eigenvalue weighted by atomic mass is 16.1. The molecule has 0 bridgehead atoms. The minimum atomic E-state index is 0.203. The molecule has 1 saturated carbocycles. The number of aromatic nitrogens is 1. The van der Waals surface area contributed by atoms with Gasteiger partial charge >= 0.3 is 0 Å². The van der Waals surface area contributed by atoms with Gasteiger partial charge in [0.15, 0.2) is 0 Å². The number of aryl methyl sites for hydroxylation is 2. The summed E-state index contributed by atoms with van der Waals surface area (Å²) in [4.78, 5) is 12.5. The van der Waals surface area contributed by atoms with E-state index in [-0.39, 0.29) is 5.56 Å². The van der Waals surface area contributed by atoms with Crippen LogP contribution in [0.4, 0.5) is 0 Å². The minimum Gasteiger partial charge on any atom is -0.313 e. The van der Waals surface area contributed by atoms with Crippen LogP contribution in [-0.2, 0) is 13.1 Å². The maximum Gasteiger partial charge on any atom is 0.255 e. The van der Waals surface area contributed by atoms with Crippen LogP contribution in [0.1, 0.15) is 49.4 Å². The third-order valence-corrected chi connectivity index (χ3v) is 3.71. The van der Waals surface area contributed by atoms with E-state index >= 15 is 0 Å². The number of unbranched alkanes of at least 4 members (excludes halogenated alkanes) is 1. The lowest BCUT2D eigenvalue weighted by Crippen LogP contribution is -2.30. The van der Waals surface area contributed by atoms with Crippen molar-refractivity contribution >= 4 is 0 Å². The summed E-state index contributed by atoms with van der Waals surface area (Å²) in [6.07, 6.45) is 4.71. The fraction of sp³-hybridized carbons (Fsp3) is 0.667. The second kappa shape index (κ2) is 5.70. The normalized spacial score (nSPS) is 15.1. The zero-order valence-corrected chi connectivity index (χ0v) is 11.8. The van der Waals surface area contributed by atoms with Gasteiger partial charge < -0.3 is 9.88 Å². The summed E-state index contributed by atoms with van der Waals surface area (Å²) in [6.45, 7) is 7.80. The fourth-order valence-corrected chi connectivity index (χ4v) is 2.31. The molecule has 3 nitrogen and oxygen atoms in total. The van der Waals surface area contributed by atoms with Gasteiger partial charge in [-0.25, -0.2) is 0 Å². The first-order valence-corrected chi connectivity index (χ1v) is 7.06. The highest BCUT2D eigenvalue weighted by Gasteiger charge is 2.21. The molecule has 0 saturated heterocycles. The molecule has 2 rings (SSSR count). The van der Waals surface area contributed by atoms with Crippen LogP contribution in [0.5, 0.6) is 0 Å². The van der Waals surface area contributed by atoms with Gasteiger partial charge in [-0.15, -0.1) is 0 Å². The van der Waals surface area contributed by atoms with E-state index in [0.29, 0.717) is 6.04 Å².